The van der Waals surface area contributed by atoms with E-state index < -0.39 is 5.91 Å². The molecule has 5 heteroatoms. The molecule has 0 atom stereocenters. The van der Waals surface area contributed by atoms with Gasteiger partial charge in [0.25, 0.3) is 0 Å². The topological polar surface area (TPSA) is 63.4 Å². The summed E-state index contributed by atoms with van der Waals surface area (Å²) in [6, 6.07) is -0.0165. The Morgan fingerprint density at radius 2 is 2.00 bits per heavy atom. The number of primary amides is 1. The van der Waals surface area contributed by atoms with Gasteiger partial charge >= 0.3 is 0 Å². The van der Waals surface area contributed by atoms with Crippen molar-refractivity contribution < 1.29 is 9.59 Å². The fourth-order valence-electron chi connectivity index (χ4n) is 0.817. The highest BCUT2D eigenvalue weighted by Gasteiger charge is 2.16. The maximum Gasteiger partial charge on any atom is 0.237 e. The molecule has 0 radical (unpaired) electrons. The average Bonchev–Trinajstić information content (AvgIpc) is 1.98. The van der Waals surface area contributed by atoms with Crippen LogP contribution in [0.15, 0.2) is 0 Å². The van der Waals surface area contributed by atoms with Gasteiger partial charge in [-0.2, -0.15) is 12.6 Å². The summed E-state index contributed by atoms with van der Waals surface area (Å²) in [7, 11) is 0. The van der Waals surface area contributed by atoms with Gasteiger partial charge in [-0.05, 0) is 13.8 Å². The van der Waals surface area contributed by atoms with E-state index in [4.69, 9.17) is 5.73 Å². The summed E-state index contributed by atoms with van der Waals surface area (Å²) < 4.78 is 0. The van der Waals surface area contributed by atoms with E-state index in [9.17, 15) is 9.59 Å². The van der Waals surface area contributed by atoms with Crippen molar-refractivity contribution in [3.05, 3.63) is 0 Å². The molecule has 0 aliphatic carbocycles. The second-order valence-corrected chi connectivity index (χ2v) is 3.06. The second-order valence-electron chi connectivity index (χ2n) is 2.74. The Morgan fingerprint density at radius 1 is 1.50 bits per heavy atom. The number of carbonyl (C=O) groups excluding carboxylic acids is 2. The van der Waals surface area contributed by atoms with Crippen LogP contribution in [0.1, 0.15) is 13.8 Å². The predicted molar refractivity (Wildman–Crippen MR) is 49.9 cm³/mol. The van der Waals surface area contributed by atoms with Gasteiger partial charge in [-0.25, -0.2) is 0 Å². The summed E-state index contributed by atoms with van der Waals surface area (Å²) in [6.07, 6.45) is 0. The van der Waals surface area contributed by atoms with Gasteiger partial charge in [0.2, 0.25) is 11.8 Å². The molecule has 2 amide bonds. The standard InChI is InChI=1S/C7H14N2O2S/c1-5(2)9(3-6(8)10)7(11)4-12/h5,12H,3-4H2,1-2H3,(H2,8,10). The quantitative estimate of drug-likeness (QED) is 0.595. The van der Waals surface area contributed by atoms with E-state index >= 15 is 0 Å². The van der Waals surface area contributed by atoms with E-state index in [2.05, 4.69) is 12.6 Å². The largest absolute Gasteiger partial charge is 0.368 e. The Balaban J connectivity index is 4.23. The zero-order valence-corrected chi connectivity index (χ0v) is 8.17. The lowest BCUT2D eigenvalue weighted by Gasteiger charge is -2.24. The van der Waals surface area contributed by atoms with Crippen molar-refractivity contribution in [2.24, 2.45) is 5.73 Å². The third kappa shape index (κ3) is 3.61. The number of thiol groups is 1. The molecule has 12 heavy (non-hydrogen) atoms. The minimum absolute atomic E-state index is 0.0165. The summed E-state index contributed by atoms with van der Waals surface area (Å²) in [5.74, 6) is -0.572. The van der Waals surface area contributed by atoms with Gasteiger partial charge in [0.05, 0.1) is 12.3 Å². The SMILES string of the molecule is CC(C)N(CC(N)=O)C(=O)CS. The van der Waals surface area contributed by atoms with E-state index in [1.807, 2.05) is 13.8 Å². The van der Waals surface area contributed by atoms with E-state index in [-0.39, 0.29) is 24.2 Å². The molecule has 2 N–H and O–H groups in total. The van der Waals surface area contributed by atoms with Gasteiger partial charge in [-0.1, -0.05) is 0 Å². The van der Waals surface area contributed by atoms with Crippen LogP contribution in [0.2, 0.25) is 0 Å². The van der Waals surface area contributed by atoms with E-state index in [0.717, 1.165) is 0 Å². The Labute approximate surface area is 77.5 Å². The molecule has 0 aliphatic rings. The molecular weight excluding hydrogens is 176 g/mol. The molecule has 70 valence electrons. The Kier molecular flexibility index (Phi) is 4.73. The number of amides is 2. The summed E-state index contributed by atoms with van der Waals surface area (Å²) in [6.45, 7) is 3.62. The number of hydrogen-bond donors (Lipinski definition) is 2. The molecule has 0 spiro atoms. The van der Waals surface area contributed by atoms with Crippen LogP contribution in [-0.4, -0.2) is 35.1 Å². The van der Waals surface area contributed by atoms with Crippen molar-refractivity contribution in [3.8, 4) is 0 Å². The molecule has 0 aliphatic heterocycles. The summed E-state index contributed by atoms with van der Waals surface area (Å²) in [4.78, 5) is 23.1. The van der Waals surface area contributed by atoms with E-state index in [1.54, 1.807) is 0 Å². The van der Waals surface area contributed by atoms with Crippen LogP contribution in [0.4, 0.5) is 0 Å². The molecule has 0 bridgehead atoms. The number of nitrogens with two attached hydrogens (primary N) is 1. The number of nitrogens with zero attached hydrogens (tertiary/aromatic N) is 1. The first-order valence-corrected chi connectivity index (χ1v) is 4.31. The van der Waals surface area contributed by atoms with Crippen LogP contribution in [0.25, 0.3) is 0 Å². The van der Waals surface area contributed by atoms with Crippen molar-refractivity contribution in [3.63, 3.8) is 0 Å². The summed E-state index contributed by atoms with van der Waals surface area (Å²) in [5, 5.41) is 0. The zero-order valence-electron chi connectivity index (χ0n) is 7.28. The maximum atomic E-state index is 11.1. The van der Waals surface area contributed by atoms with Crippen molar-refractivity contribution in [1.29, 1.82) is 0 Å². The third-order valence-electron chi connectivity index (χ3n) is 1.41. The zero-order chi connectivity index (χ0) is 9.72. The molecule has 0 rings (SSSR count). The van der Waals surface area contributed by atoms with Gasteiger partial charge in [-0.3, -0.25) is 9.59 Å². The van der Waals surface area contributed by atoms with Gasteiger partial charge in [0.15, 0.2) is 0 Å². The lowest BCUT2D eigenvalue weighted by molar-refractivity contribution is -0.134. The first-order valence-electron chi connectivity index (χ1n) is 3.67. The lowest BCUT2D eigenvalue weighted by atomic mass is 10.3. The van der Waals surface area contributed by atoms with Gasteiger partial charge in [-0.15, -0.1) is 0 Å². The maximum absolute atomic E-state index is 11.1. The predicted octanol–water partition coefficient (Wildman–Crippen LogP) is -0.362. The molecule has 4 nitrogen and oxygen atoms in total. The molecule has 0 saturated carbocycles. The van der Waals surface area contributed by atoms with Crippen molar-refractivity contribution in [2.45, 2.75) is 19.9 Å². The monoisotopic (exact) mass is 190 g/mol. The van der Waals surface area contributed by atoms with Crippen LogP contribution >= 0.6 is 12.6 Å². The molecule has 0 aromatic rings. The van der Waals surface area contributed by atoms with Crippen LogP contribution in [0, 0.1) is 0 Å². The van der Waals surface area contributed by atoms with Crippen molar-refractivity contribution >= 4 is 24.4 Å². The molecule has 0 aromatic heterocycles. The van der Waals surface area contributed by atoms with Crippen LogP contribution in [-0.2, 0) is 9.59 Å². The van der Waals surface area contributed by atoms with Crippen LogP contribution in [0.3, 0.4) is 0 Å². The molecule has 0 saturated heterocycles. The van der Waals surface area contributed by atoms with Crippen molar-refractivity contribution in [2.75, 3.05) is 12.3 Å². The highest BCUT2D eigenvalue weighted by atomic mass is 32.1. The Bertz CT molecular complexity index is 182. The summed E-state index contributed by atoms with van der Waals surface area (Å²) in [5.41, 5.74) is 4.97. The molecule has 0 heterocycles. The molecule has 0 unspecified atom stereocenters. The van der Waals surface area contributed by atoms with Crippen LogP contribution in [0.5, 0.6) is 0 Å². The second kappa shape index (κ2) is 5.03. The molecule has 0 fully saturated rings. The van der Waals surface area contributed by atoms with Crippen molar-refractivity contribution in [1.82, 2.24) is 4.90 Å². The smallest absolute Gasteiger partial charge is 0.237 e. The number of rotatable bonds is 4. The Morgan fingerprint density at radius 3 is 2.25 bits per heavy atom. The van der Waals surface area contributed by atoms with Gasteiger partial charge < -0.3 is 10.6 Å². The highest BCUT2D eigenvalue weighted by Crippen LogP contribution is 1.99. The normalized spacial score (nSPS) is 10.0. The van der Waals surface area contributed by atoms with E-state index in [0.29, 0.717) is 0 Å². The fourth-order valence-corrected chi connectivity index (χ4v) is 0.999. The number of hydrogen-bond acceptors (Lipinski definition) is 3. The highest BCUT2D eigenvalue weighted by molar-refractivity contribution is 7.81. The summed E-state index contributed by atoms with van der Waals surface area (Å²) >= 11 is 3.83. The fraction of sp³-hybridized carbons (Fsp3) is 0.714. The molecular formula is C7H14N2O2S. The minimum atomic E-state index is -0.501. The molecule has 0 aromatic carbocycles. The third-order valence-corrected chi connectivity index (χ3v) is 1.68. The van der Waals surface area contributed by atoms with Crippen LogP contribution < -0.4 is 5.73 Å². The van der Waals surface area contributed by atoms with Gasteiger partial charge in [0.1, 0.15) is 0 Å². The lowest BCUT2D eigenvalue weighted by Crippen LogP contribution is -2.43. The Hall–Kier alpha value is -0.710. The van der Waals surface area contributed by atoms with E-state index in [1.165, 1.54) is 4.90 Å². The first kappa shape index (κ1) is 11.3. The first-order chi connectivity index (χ1) is 5.49. The number of carbonyl (C=O) groups is 2. The van der Waals surface area contributed by atoms with Gasteiger partial charge in [0, 0.05) is 6.04 Å². The minimum Gasteiger partial charge on any atom is -0.368 e. The average molecular weight is 190 g/mol.